The van der Waals surface area contributed by atoms with E-state index in [1.165, 1.54) is 392 Å². The number of phosphoric acid groups is 1. The Bertz CT molecular complexity index is 1940. The summed E-state index contributed by atoms with van der Waals surface area (Å²) in [6.45, 7) is 4.30. The van der Waals surface area contributed by atoms with Crippen molar-refractivity contribution in [3.63, 3.8) is 0 Å². The SMILES string of the molecule is CCCCCCC/C=C\C/C=C\C/C=C\CCCCCCCCCCCCCCCCCCCCCCCCCCCCC(=O)OC(COC(=O)CCCCCCCCCCCCCCCCCCCCCCCCCCCCC/C=C\C/C=C\CCCCCCC)COP(=O)([O-])OCC[N+](C)(C)C. The number of carbonyl (C=O) groups is 2. The molecule has 10 heteroatoms. The minimum absolute atomic E-state index is 0.0275. The van der Waals surface area contributed by atoms with Crippen LogP contribution in [0.4, 0.5) is 0 Å². The van der Waals surface area contributed by atoms with Gasteiger partial charge in [-0.15, -0.1) is 0 Å². The first-order chi connectivity index (χ1) is 51.0. The standard InChI is InChI=1S/C94H178NO8P/c1-6-8-10-12-14-16-18-20-22-24-26-28-30-32-34-36-38-40-42-44-46-47-49-51-53-55-57-59-61-63-65-67-69-71-73-75-77-79-81-83-85-87-94(97)103-92(91-102-104(98,99)101-89-88-95(3,4)5)90-100-93(96)86-84-82-80-78-76-74-72-70-68-66-64-62-60-58-56-54-52-50-48-45-43-41-39-37-35-33-31-29-27-25-23-21-19-17-15-13-11-9-7-2/h18-21,24-27,30,32,92H,6-17,22-23,28-29,31,33-91H2,1-5H3/b20-18-,21-19-,26-24-,27-25-,32-30-. The van der Waals surface area contributed by atoms with E-state index >= 15 is 0 Å². The molecule has 0 N–H and O–H groups in total. The lowest BCUT2D eigenvalue weighted by atomic mass is 10.0. The van der Waals surface area contributed by atoms with Crippen LogP contribution in [0.15, 0.2) is 60.8 Å². The first kappa shape index (κ1) is 102. The fraction of sp³-hybridized carbons (Fsp3) is 0.872. The Balaban J connectivity index is 3.83. The van der Waals surface area contributed by atoms with Crippen LogP contribution < -0.4 is 4.89 Å². The van der Waals surface area contributed by atoms with Crippen molar-refractivity contribution in [3.05, 3.63) is 60.8 Å². The van der Waals surface area contributed by atoms with Crippen molar-refractivity contribution in [2.24, 2.45) is 0 Å². The van der Waals surface area contributed by atoms with E-state index in [1.807, 2.05) is 21.1 Å². The van der Waals surface area contributed by atoms with Crippen LogP contribution in [0.3, 0.4) is 0 Å². The number of nitrogens with zero attached hydrogens (tertiary/aromatic N) is 1. The van der Waals surface area contributed by atoms with E-state index in [4.69, 9.17) is 18.5 Å². The predicted octanol–water partition coefficient (Wildman–Crippen LogP) is 30.6. The molecule has 0 aromatic rings. The number of quaternary nitrogens is 1. The maximum Gasteiger partial charge on any atom is 0.306 e. The molecule has 0 saturated heterocycles. The first-order valence-electron chi connectivity index (χ1n) is 46.0. The molecule has 2 unspecified atom stereocenters. The largest absolute Gasteiger partial charge is 0.756 e. The van der Waals surface area contributed by atoms with E-state index in [2.05, 4.69) is 74.6 Å². The number of allylic oxidation sites excluding steroid dienone is 10. The minimum Gasteiger partial charge on any atom is -0.756 e. The number of hydrogen-bond acceptors (Lipinski definition) is 8. The lowest BCUT2D eigenvalue weighted by molar-refractivity contribution is -0.870. The molecule has 0 aliphatic carbocycles. The molecular formula is C94H178NO8P. The maximum absolute atomic E-state index is 12.9. The van der Waals surface area contributed by atoms with Gasteiger partial charge in [-0.3, -0.25) is 14.2 Å². The minimum atomic E-state index is -4.65. The molecule has 0 aromatic heterocycles. The summed E-state index contributed by atoms with van der Waals surface area (Å²) in [5, 5.41) is 0. The van der Waals surface area contributed by atoms with E-state index in [0.29, 0.717) is 17.4 Å². The zero-order chi connectivity index (χ0) is 75.4. The lowest BCUT2D eigenvalue weighted by Crippen LogP contribution is -2.37. The van der Waals surface area contributed by atoms with Gasteiger partial charge in [0.2, 0.25) is 0 Å². The van der Waals surface area contributed by atoms with Gasteiger partial charge in [-0.05, 0) is 83.5 Å². The number of esters is 2. The highest BCUT2D eigenvalue weighted by atomic mass is 31.2. The molecule has 0 rings (SSSR count). The molecule has 2 atom stereocenters. The quantitative estimate of drug-likeness (QED) is 0.0195. The van der Waals surface area contributed by atoms with Gasteiger partial charge in [-0.25, -0.2) is 0 Å². The molecule has 0 amide bonds. The third-order valence-corrected chi connectivity index (χ3v) is 22.0. The van der Waals surface area contributed by atoms with Crippen molar-refractivity contribution in [2.45, 2.75) is 482 Å². The molecular weight excluding hydrogens is 1300 g/mol. The number of carbonyl (C=O) groups excluding carboxylic acids is 2. The van der Waals surface area contributed by atoms with Crippen LogP contribution in [0.2, 0.25) is 0 Å². The summed E-state index contributed by atoms with van der Waals surface area (Å²) in [6, 6.07) is 0. The number of phosphoric ester groups is 1. The first-order valence-corrected chi connectivity index (χ1v) is 47.5. The van der Waals surface area contributed by atoms with E-state index in [-0.39, 0.29) is 32.0 Å². The van der Waals surface area contributed by atoms with Crippen LogP contribution in [0.5, 0.6) is 0 Å². The van der Waals surface area contributed by atoms with Gasteiger partial charge in [-0.2, -0.15) is 0 Å². The molecule has 0 heterocycles. The smallest absolute Gasteiger partial charge is 0.306 e. The van der Waals surface area contributed by atoms with Crippen molar-refractivity contribution in [2.75, 3.05) is 47.5 Å². The lowest BCUT2D eigenvalue weighted by Gasteiger charge is -2.28. The van der Waals surface area contributed by atoms with Gasteiger partial charge in [0.25, 0.3) is 7.82 Å². The van der Waals surface area contributed by atoms with Crippen molar-refractivity contribution in [1.82, 2.24) is 0 Å². The second-order valence-electron chi connectivity index (χ2n) is 32.7. The van der Waals surface area contributed by atoms with Crippen molar-refractivity contribution in [3.8, 4) is 0 Å². The third-order valence-electron chi connectivity index (χ3n) is 21.0. The van der Waals surface area contributed by atoms with Crippen LogP contribution in [-0.2, 0) is 32.7 Å². The summed E-state index contributed by atoms with van der Waals surface area (Å²) in [5.41, 5.74) is 0. The Morgan fingerprint density at radius 3 is 0.769 bits per heavy atom. The molecule has 0 aromatic carbocycles. The second kappa shape index (κ2) is 84.7. The number of rotatable bonds is 87. The molecule has 0 bridgehead atoms. The normalized spacial score (nSPS) is 13.2. The topological polar surface area (TPSA) is 111 Å². The highest BCUT2D eigenvalue weighted by Crippen LogP contribution is 2.38. The Labute approximate surface area is 648 Å². The Hall–Kier alpha value is -2.29. The highest BCUT2D eigenvalue weighted by molar-refractivity contribution is 7.45. The van der Waals surface area contributed by atoms with Gasteiger partial charge < -0.3 is 27.9 Å². The van der Waals surface area contributed by atoms with Crippen molar-refractivity contribution < 1.29 is 42.1 Å². The summed E-state index contributed by atoms with van der Waals surface area (Å²) in [6.07, 6.45) is 115. The van der Waals surface area contributed by atoms with E-state index in [9.17, 15) is 19.0 Å². The molecule has 0 spiro atoms. The summed E-state index contributed by atoms with van der Waals surface area (Å²) < 4.78 is 34.5. The van der Waals surface area contributed by atoms with Crippen molar-refractivity contribution >= 4 is 19.8 Å². The molecule has 0 aliphatic rings. The van der Waals surface area contributed by atoms with Crippen molar-refractivity contribution in [1.29, 1.82) is 0 Å². The summed E-state index contributed by atoms with van der Waals surface area (Å²) >= 11 is 0. The number of hydrogen-bond donors (Lipinski definition) is 0. The van der Waals surface area contributed by atoms with Crippen LogP contribution in [0, 0.1) is 0 Å². The van der Waals surface area contributed by atoms with Gasteiger partial charge in [0.15, 0.2) is 6.10 Å². The molecule has 0 saturated carbocycles. The Morgan fingerprint density at radius 1 is 0.298 bits per heavy atom. The van der Waals surface area contributed by atoms with Gasteiger partial charge >= 0.3 is 11.9 Å². The highest BCUT2D eigenvalue weighted by Gasteiger charge is 2.22. The van der Waals surface area contributed by atoms with Gasteiger partial charge in [0.05, 0.1) is 27.7 Å². The molecule has 0 fully saturated rings. The zero-order valence-electron chi connectivity index (χ0n) is 70.3. The predicted molar refractivity (Wildman–Crippen MR) is 453 cm³/mol. The number of likely N-dealkylation sites (N-methyl/N-ethyl adjacent to an activating group) is 1. The molecule has 9 nitrogen and oxygen atoms in total. The van der Waals surface area contributed by atoms with Crippen LogP contribution in [0.1, 0.15) is 476 Å². The van der Waals surface area contributed by atoms with E-state index < -0.39 is 26.5 Å². The average molecular weight is 1480 g/mol. The van der Waals surface area contributed by atoms with Gasteiger partial charge in [-0.1, -0.05) is 441 Å². The third kappa shape index (κ3) is 88.6. The Morgan fingerprint density at radius 2 is 0.519 bits per heavy atom. The van der Waals surface area contributed by atoms with Gasteiger partial charge in [0, 0.05) is 12.8 Å². The Kier molecular flexibility index (Phi) is 82.9. The molecule has 0 aliphatic heterocycles. The fourth-order valence-corrected chi connectivity index (χ4v) is 14.7. The maximum atomic E-state index is 12.9. The monoisotopic (exact) mass is 1480 g/mol. The zero-order valence-corrected chi connectivity index (χ0v) is 71.1. The molecule has 612 valence electrons. The molecule has 104 heavy (non-hydrogen) atoms. The van der Waals surface area contributed by atoms with Crippen LogP contribution in [0.25, 0.3) is 0 Å². The van der Waals surface area contributed by atoms with E-state index in [0.717, 1.165) is 51.4 Å². The summed E-state index contributed by atoms with van der Waals surface area (Å²) in [5.74, 6) is -0.805. The summed E-state index contributed by atoms with van der Waals surface area (Å²) in [4.78, 5) is 38.3. The number of unbranched alkanes of at least 4 members (excludes halogenated alkanes) is 63. The van der Waals surface area contributed by atoms with E-state index in [1.54, 1.807) is 0 Å². The summed E-state index contributed by atoms with van der Waals surface area (Å²) in [7, 11) is 1.19. The molecule has 0 radical (unpaired) electrons. The van der Waals surface area contributed by atoms with Gasteiger partial charge in [0.1, 0.15) is 19.8 Å². The fourth-order valence-electron chi connectivity index (χ4n) is 14.0. The second-order valence-corrected chi connectivity index (χ2v) is 34.1. The van der Waals surface area contributed by atoms with Crippen LogP contribution in [-0.4, -0.2) is 70.0 Å². The van der Waals surface area contributed by atoms with Crippen LogP contribution >= 0.6 is 7.82 Å². The number of ether oxygens (including phenoxy) is 2. The average Bonchev–Trinajstić information content (AvgIpc) is 0.920.